The molecule has 2 aliphatic rings. The highest BCUT2D eigenvalue weighted by Gasteiger charge is 2.33. The third-order valence-corrected chi connectivity index (χ3v) is 8.38. The minimum atomic E-state index is -1.03. The van der Waals surface area contributed by atoms with Gasteiger partial charge in [-0.2, -0.15) is 5.10 Å². The summed E-state index contributed by atoms with van der Waals surface area (Å²) >= 11 is 1.19. The summed E-state index contributed by atoms with van der Waals surface area (Å²) in [5, 5.41) is 17.2. The van der Waals surface area contributed by atoms with Crippen LogP contribution < -0.4 is 10.2 Å². The first-order valence-electron chi connectivity index (χ1n) is 13.0. The molecule has 1 atom stereocenters. The SMILES string of the molecule is Cc1cc(C(=O)NC2C=CC(c3cc(N(C(=O)C4CCC(C)CC4)C(C)C)c(C(=O)O)s3)=CC2)n(C)n1. The number of aromatic carboxylic acids is 1. The highest BCUT2D eigenvalue weighted by molar-refractivity contribution is 7.15. The van der Waals surface area contributed by atoms with E-state index in [0.717, 1.165) is 41.8 Å². The van der Waals surface area contributed by atoms with Crippen LogP contribution in [0.1, 0.15) is 83.6 Å². The molecule has 0 saturated heterocycles. The van der Waals surface area contributed by atoms with Crippen LogP contribution in [-0.4, -0.2) is 44.8 Å². The summed E-state index contributed by atoms with van der Waals surface area (Å²) in [6, 6.07) is 3.26. The molecule has 2 amide bonds. The molecule has 2 aromatic rings. The third-order valence-electron chi connectivity index (χ3n) is 7.22. The number of nitrogens with zero attached hydrogens (tertiary/aromatic N) is 3. The minimum Gasteiger partial charge on any atom is -0.477 e. The van der Waals surface area contributed by atoms with Crippen molar-refractivity contribution in [2.75, 3.05) is 4.90 Å². The van der Waals surface area contributed by atoms with Crippen molar-refractivity contribution in [3.63, 3.8) is 0 Å². The van der Waals surface area contributed by atoms with Crippen LogP contribution in [0.2, 0.25) is 0 Å². The molecule has 0 aromatic carbocycles. The molecule has 2 aromatic heterocycles. The van der Waals surface area contributed by atoms with E-state index in [4.69, 9.17) is 0 Å². The normalized spacial score (nSPS) is 21.6. The molecule has 2 heterocycles. The maximum absolute atomic E-state index is 13.6. The van der Waals surface area contributed by atoms with E-state index >= 15 is 0 Å². The van der Waals surface area contributed by atoms with Crippen molar-refractivity contribution in [2.24, 2.45) is 18.9 Å². The number of hydrogen-bond acceptors (Lipinski definition) is 5. The second kappa shape index (κ2) is 11.0. The monoisotopic (exact) mass is 524 g/mol. The Hall–Kier alpha value is -3.20. The molecule has 37 heavy (non-hydrogen) atoms. The largest absolute Gasteiger partial charge is 0.477 e. The first-order chi connectivity index (χ1) is 17.5. The molecule has 9 heteroatoms. The van der Waals surface area contributed by atoms with Crippen LogP contribution in [0.3, 0.4) is 0 Å². The number of aryl methyl sites for hydroxylation is 2. The molecule has 8 nitrogen and oxygen atoms in total. The van der Waals surface area contributed by atoms with Gasteiger partial charge < -0.3 is 15.3 Å². The predicted octanol–water partition coefficient (Wildman–Crippen LogP) is 5.20. The van der Waals surface area contributed by atoms with E-state index in [1.54, 1.807) is 22.7 Å². The van der Waals surface area contributed by atoms with Crippen molar-refractivity contribution >= 4 is 40.4 Å². The van der Waals surface area contributed by atoms with Gasteiger partial charge in [0.05, 0.1) is 17.4 Å². The molecule has 198 valence electrons. The van der Waals surface area contributed by atoms with Crippen molar-refractivity contribution < 1.29 is 19.5 Å². The number of thiophene rings is 1. The van der Waals surface area contributed by atoms with Crippen LogP contribution in [0.25, 0.3) is 5.57 Å². The quantitative estimate of drug-likeness (QED) is 0.518. The lowest BCUT2D eigenvalue weighted by Gasteiger charge is -2.33. The van der Waals surface area contributed by atoms with Gasteiger partial charge in [-0.1, -0.05) is 25.2 Å². The van der Waals surface area contributed by atoms with Crippen molar-refractivity contribution in [3.8, 4) is 0 Å². The average molecular weight is 525 g/mol. The summed E-state index contributed by atoms with van der Waals surface area (Å²) in [7, 11) is 1.74. The van der Waals surface area contributed by atoms with Gasteiger partial charge in [0.2, 0.25) is 5.91 Å². The lowest BCUT2D eigenvalue weighted by molar-refractivity contribution is -0.123. The zero-order valence-electron chi connectivity index (χ0n) is 22.2. The van der Waals surface area contributed by atoms with Gasteiger partial charge in [-0.05, 0) is 76.5 Å². The minimum absolute atomic E-state index is 0.0232. The lowest BCUT2D eigenvalue weighted by Crippen LogP contribution is -2.42. The van der Waals surface area contributed by atoms with Crippen LogP contribution in [0.15, 0.2) is 30.4 Å². The average Bonchev–Trinajstić information content (AvgIpc) is 3.43. The van der Waals surface area contributed by atoms with Gasteiger partial charge in [0.25, 0.3) is 5.91 Å². The van der Waals surface area contributed by atoms with Gasteiger partial charge in [-0.15, -0.1) is 11.3 Å². The number of rotatable bonds is 7. The zero-order valence-corrected chi connectivity index (χ0v) is 23.0. The second-order valence-corrected chi connectivity index (χ2v) is 11.6. The first-order valence-corrected chi connectivity index (χ1v) is 13.8. The summed E-state index contributed by atoms with van der Waals surface area (Å²) in [6.45, 7) is 7.93. The molecule has 4 rings (SSSR count). The smallest absolute Gasteiger partial charge is 0.348 e. The molecule has 1 fully saturated rings. The molecule has 0 aliphatic heterocycles. The standard InChI is InChI=1S/C28H36N4O4S/c1-16(2)32(27(34)20-8-6-17(3)7-9-20)22-15-24(37-25(22)28(35)36)19-10-12-21(13-11-19)29-26(33)23-14-18(4)30-31(23)5/h10-12,14-17,20-21H,6-9,13H2,1-5H3,(H,29,33)(H,35,36). The Morgan fingerprint density at radius 3 is 2.43 bits per heavy atom. The van der Waals surface area contributed by atoms with E-state index in [1.807, 2.05) is 45.1 Å². The summed E-state index contributed by atoms with van der Waals surface area (Å²) in [6.07, 6.45) is 10.2. The molecule has 0 radical (unpaired) electrons. The Morgan fingerprint density at radius 2 is 1.89 bits per heavy atom. The van der Waals surface area contributed by atoms with Gasteiger partial charge in [0.15, 0.2) is 0 Å². The van der Waals surface area contributed by atoms with E-state index in [1.165, 1.54) is 11.3 Å². The van der Waals surface area contributed by atoms with Crippen molar-refractivity contribution in [1.29, 1.82) is 0 Å². The van der Waals surface area contributed by atoms with E-state index in [9.17, 15) is 19.5 Å². The number of anilines is 1. The molecule has 0 spiro atoms. The van der Waals surface area contributed by atoms with Crippen LogP contribution in [0, 0.1) is 18.8 Å². The van der Waals surface area contributed by atoms with Gasteiger partial charge in [-0.25, -0.2) is 4.79 Å². The number of carboxylic acids is 1. The Balaban J connectivity index is 1.52. The number of aromatic nitrogens is 2. The molecular weight excluding hydrogens is 488 g/mol. The third kappa shape index (κ3) is 5.87. The first kappa shape index (κ1) is 26.9. The summed E-state index contributed by atoms with van der Waals surface area (Å²) in [5.74, 6) is -0.630. The molecular formula is C28H36N4O4S. The number of nitrogens with one attached hydrogen (secondary N) is 1. The predicted molar refractivity (Wildman–Crippen MR) is 146 cm³/mol. The fraction of sp³-hybridized carbons (Fsp3) is 0.500. The number of carboxylic acid groups (broad SMARTS) is 1. The number of carbonyl (C=O) groups is 3. The van der Waals surface area contributed by atoms with Gasteiger partial charge in [-0.3, -0.25) is 14.3 Å². The van der Waals surface area contributed by atoms with Gasteiger partial charge in [0, 0.05) is 23.9 Å². The molecule has 2 N–H and O–H groups in total. The Labute approximate surface area is 222 Å². The number of allylic oxidation sites excluding steroid dienone is 2. The summed E-state index contributed by atoms with van der Waals surface area (Å²) in [4.78, 5) is 41.1. The van der Waals surface area contributed by atoms with Crippen LogP contribution in [0.4, 0.5) is 5.69 Å². The van der Waals surface area contributed by atoms with Crippen molar-refractivity contribution in [2.45, 2.75) is 71.9 Å². The number of hydrogen-bond donors (Lipinski definition) is 2. The highest BCUT2D eigenvalue weighted by atomic mass is 32.1. The highest BCUT2D eigenvalue weighted by Crippen LogP contribution is 2.39. The summed E-state index contributed by atoms with van der Waals surface area (Å²) < 4.78 is 1.56. The Kier molecular flexibility index (Phi) is 8.02. The second-order valence-electron chi connectivity index (χ2n) is 10.5. The topological polar surface area (TPSA) is 105 Å². The fourth-order valence-corrected chi connectivity index (χ4v) is 6.20. The van der Waals surface area contributed by atoms with E-state index in [2.05, 4.69) is 17.3 Å². The van der Waals surface area contributed by atoms with Crippen LogP contribution in [-0.2, 0) is 11.8 Å². The maximum atomic E-state index is 13.6. The Morgan fingerprint density at radius 1 is 1.19 bits per heavy atom. The number of amides is 2. The van der Waals surface area contributed by atoms with Crippen molar-refractivity contribution in [1.82, 2.24) is 15.1 Å². The Bertz CT molecular complexity index is 1250. The van der Waals surface area contributed by atoms with Crippen LogP contribution >= 0.6 is 11.3 Å². The van der Waals surface area contributed by atoms with E-state index < -0.39 is 5.97 Å². The molecule has 1 unspecified atom stereocenters. The van der Waals surface area contributed by atoms with Crippen LogP contribution in [0.5, 0.6) is 0 Å². The van der Waals surface area contributed by atoms with Gasteiger partial charge >= 0.3 is 5.97 Å². The molecule has 2 aliphatic carbocycles. The summed E-state index contributed by atoms with van der Waals surface area (Å²) in [5.41, 5.74) is 2.65. The van der Waals surface area contributed by atoms with Gasteiger partial charge in [0.1, 0.15) is 10.6 Å². The van der Waals surface area contributed by atoms with Crippen molar-refractivity contribution in [3.05, 3.63) is 51.5 Å². The lowest BCUT2D eigenvalue weighted by atomic mass is 9.82. The molecule has 0 bridgehead atoms. The maximum Gasteiger partial charge on any atom is 0.348 e. The number of carbonyl (C=O) groups excluding carboxylic acids is 2. The zero-order chi connectivity index (χ0) is 26.9. The van der Waals surface area contributed by atoms with E-state index in [0.29, 0.717) is 23.7 Å². The molecule has 1 saturated carbocycles. The van der Waals surface area contributed by atoms with E-state index in [-0.39, 0.29) is 34.7 Å². The fourth-order valence-electron chi connectivity index (χ4n) is 5.19.